The Morgan fingerprint density at radius 3 is 2.47 bits per heavy atom. The molecule has 1 fully saturated rings. The minimum Gasteiger partial charge on any atom is -0.481 e. The minimum atomic E-state index is -0.944. The zero-order valence-electron chi connectivity index (χ0n) is 12.4. The van der Waals surface area contributed by atoms with Gasteiger partial charge >= 0.3 is 5.97 Å². The molecular weight excluding hydrogens is 246 g/mol. The zero-order chi connectivity index (χ0) is 14.7. The summed E-state index contributed by atoms with van der Waals surface area (Å²) in [5, 5.41) is 9.43. The van der Waals surface area contributed by atoms with Crippen molar-refractivity contribution < 1.29 is 19.4 Å². The van der Waals surface area contributed by atoms with E-state index in [0.29, 0.717) is 25.8 Å². The Balaban J connectivity index is 2.77. The average Bonchev–Trinajstić information content (AvgIpc) is 2.27. The summed E-state index contributed by atoms with van der Waals surface area (Å²) in [7, 11) is 1.50. The molecule has 0 aromatic rings. The van der Waals surface area contributed by atoms with E-state index >= 15 is 0 Å². The molecule has 0 aromatic heterocycles. The molecule has 0 spiro atoms. The van der Waals surface area contributed by atoms with E-state index in [1.54, 1.807) is 4.90 Å². The normalized spacial score (nSPS) is 24.3. The van der Waals surface area contributed by atoms with Gasteiger partial charge in [-0.25, -0.2) is 0 Å². The Hall–Kier alpha value is -1.10. The molecule has 1 aliphatic heterocycles. The van der Waals surface area contributed by atoms with Gasteiger partial charge in [-0.1, -0.05) is 20.8 Å². The number of amides is 1. The van der Waals surface area contributed by atoms with Gasteiger partial charge in [-0.05, 0) is 18.3 Å². The first-order valence-electron chi connectivity index (χ1n) is 6.70. The van der Waals surface area contributed by atoms with E-state index in [2.05, 4.69) is 0 Å². The summed E-state index contributed by atoms with van der Waals surface area (Å²) in [6.07, 6.45) is 1.72. The van der Waals surface area contributed by atoms with Crippen molar-refractivity contribution >= 4 is 11.9 Å². The van der Waals surface area contributed by atoms with Gasteiger partial charge in [0.25, 0.3) is 0 Å². The Bertz CT molecular complexity index is 344. The van der Waals surface area contributed by atoms with Crippen molar-refractivity contribution in [3.8, 4) is 0 Å². The van der Waals surface area contributed by atoms with Gasteiger partial charge in [-0.15, -0.1) is 0 Å². The maximum absolute atomic E-state index is 12.2. The summed E-state index contributed by atoms with van der Waals surface area (Å²) in [6, 6.07) is 0. The van der Waals surface area contributed by atoms with Crippen LogP contribution in [0.15, 0.2) is 0 Å². The molecule has 1 rings (SSSR count). The number of rotatable bonds is 4. The minimum absolute atomic E-state index is 0.0360. The molecular formula is C14H25NO4. The lowest BCUT2D eigenvalue weighted by Crippen LogP contribution is -2.52. The first-order valence-corrected chi connectivity index (χ1v) is 6.70. The van der Waals surface area contributed by atoms with Crippen molar-refractivity contribution in [1.29, 1.82) is 0 Å². The first kappa shape index (κ1) is 16.0. The highest BCUT2D eigenvalue weighted by Gasteiger charge is 2.44. The van der Waals surface area contributed by atoms with Gasteiger partial charge in [-0.2, -0.15) is 0 Å². The second-order valence-electron chi connectivity index (χ2n) is 6.67. The number of ether oxygens (including phenoxy) is 1. The molecule has 5 nitrogen and oxygen atoms in total. The molecule has 1 N–H and O–H groups in total. The van der Waals surface area contributed by atoms with E-state index in [-0.39, 0.29) is 24.5 Å². The fraction of sp³-hybridized carbons (Fsp3) is 0.857. The SMILES string of the molecule is COCC1(C(=O)O)CCCN(C(=O)CC(C)(C)C)C1. The van der Waals surface area contributed by atoms with Crippen molar-refractivity contribution in [1.82, 2.24) is 4.90 Å². The van der Waals surface area contributed by atoms with Gasteiger partial charge in [0.2, 0.25) is 5.91 Å². The number of piperidine rings is 1. The standard InChI is InChI=1S/C14H25NO4/c1-13(2,3)8-11(16)15-7-5-6-14(9-15,10-19-4)12(17)18/h5-10H2,1-4H3,(H,17,18). The van der Waals surface area contributed by atoms with Crippen molar-refractivity contribution in [2.75, 3.05) is 26.8 Å². The van der Waals surface area contributed by atoms with E-state index in [4.69, 9.17) is 4.74 Å². The molecule has 0 bridgehead atoms. The summed E-state index contributed by atoms with van der Waals surface area (Å²) in [5.41, 5.74) is -1.03. The molecule has 1 amide bonds. The van der Waals surface area contributed by atoms with Crippen LogP contribution in [0, 0.1) is 10.8 Å². The van der Waals surface area contributed by atoms with Crippen LogP contribution in [0.4, 0.5) is 0 Å². The van der Waals surface area contributed by atoms with Crippen LogP contribution in [-0.2, 0) is 14.3 Å². The molecule has 0 radical (unpaired) electrons. The lowest BCUT2D eigenvalue weighted by atomic mass is 9.80. The van der Waals surface area contributed by atoms with Crippen molar-refractivity contribution in [2.45, 2.75) is 40.0 Å². The summed E-state index contributed by atoms with van der Waals surface area (Å²) in [5.74, 6) is -0.837. The highest BCUT2D eigenvalue weighted by molar-refractivity contribution is 5.80. The summed E-state index contributed by atoms with van der Waals surface area (Å²) >= 11 is 0. The molecule has 1 saturated heterocycles. The fourth-order valence-electron chi connectivity index (χ4n) is 2.54. The topological polar surface area (TPSA) is 66.8 Å². The van der Waals surface area contributed by atoms with Crippen molar-refractivity contribution in [3.05, 3.63) is 0 Å². The van der Waals surface area contributed by atoms with Crippen LogP contribution in [0.5, 0.6) is 0 Å². The van der Waals surface area contributed by atoms with Crippen LogP contribution in [0.3, 0.4) is 0 Å². The highest BCUT2D eigenvalue weighted by atomic mass is 16.5. The number of carbonyl (C=O) groups excluding carboxylic acids is 1. The van der Waals surface area contributed by atoms with Gasteiger partial charge < -0.3 is 14.7 Å². The summed E-state index contributed by atoms with van der Waals surface area (Å²) < 4.78 is 5.06. The van der Waals surface area contributed by atoms with Gasteiger partial charge in [0.15, 0.2) is 0 Å². The third-order valence-electron chi connectivity index (χ3n) is 3.49. The molecule has 1 atom stereocenters. The quantitative estimate of drug-likeness (QED) is 0.846. The van der Waals surface area contributed by atoms with Crippen LogP contribution in [0.1, 0.15) is 40.0 Å². The molecule has 19 heavy (non-hydrogen) atoms. The van der Waals surface area contributed by atoms with Gasteiger partial charge in [0.05, 0.1) is 6.61 Å². The largest absolute Gasteiger partial charge is 0.481 e. The van der Waals surface area contributed by atoms with Crippen LogP contribution >= 0.6 is 0 Å². The van der Waals surface area contributed by atoms with Gasteiger partial charge in [-0.3, -0.25) is 9.59 Å². The highest BCUT2D eigenvalue weighted by Crippen LogP contribution is 2.32. The maximum Gasteiger partial charge on any atom is 0.313 e. The Morgan fingerprint density at radius 1 is 1.37 bits per heavy atom. The molecule has 0 saturated carbocycles. The van der Waals surface area contributed by atoms with E-state index in [1.807, 2.05) is 20.8 Å². The number of nitrogens with zero attached hydrogens (tertiary/aromatic N) is 1. The predicted molar refractivity (Wildman–Crippen MR) is 71.8 cm³/mol. The Kier molecular flexibility index (Phi) is 4.96. The molecule has 1 heterocycles. The van der Waals surface area contributed by atoms with Gasteiger partial charge in [0, 0.05) is 26.6 Å². The predicted octanol–water partition coefficient (Wildman–Crippen LogP) is 1.76. The van der Waals surface area contributed by atoms with Crippen LogP contribution < -0.4 is 0 Å². The smallest absolute Gasteiger partial charge is 0.313 e. The monoisotopic (exact) mass is 271 g/mol. The number of aliphatic carboxylic acids is 1. The lowest BCUT2D eigenvalue weighted by Gasteiger charge is -2.40. The third-order valence-corrected chi connectivity index (χ3v) is 3.49. The second kappa shape index (κ2) is 5.90. The van der Waals surface area contributed by atoms with E-state index < -0.39 is 11.4 Å². The average molecular weight is 271 g/mol. The number of methoxy groups -OCH3 is 1. The molecule has 110 valence electrons. The van der Waals surface area contributed by atoms with Crippen LogP contribution in [0.2, 0.25) is 0 Å². The number of likely N-dealkylation sites (tertiary alicyclic amines) is 1. The van der Waals surface area contributed by atoms with Crippen molar-refractivity contribution in [3.63, 3.8) is 0 Å². The van der Waals surface area contributed by atoms with Gasteiger partial charge in [0.1, 0.15) is 5.41 Å². The summed E-state index contributed by atoms with van der Waals surface area (Å²) in [6.45, 7) is 7.08. The Labute approximate surface area is 114 Å². The lowest BCUT2D eigenvalue weighted by molar-refractivity contribution is -0.159. The zero-order valence-corrected chi connectivity index (χ0v) is 12.4. The van der Waals surface area contributed by atoms with E-state index in [0.717, 1.165) is 0 Å². The number of hydrogen-bond acceptors (Lipinski definition) is 3. The third kappa shape index (κ3) is 4.20. The maximum atomic E-state index is 12.2. The number of carbonyl (C=O) groups is 2. The van der Waals surface area contributed by atoms with Crippen molar-refractivity contribution in [2.24, 2.45) is 10.8 Å². The van der Waals surface area contributed by atoms with E-state index in [9.17, 15) is 14.7 Å². The summed E-state index contributed by atoms with van der Waals surface area (Å²) in [4.78, 5) is 25.4. The fourth-order valence-corrected chi connectivity index (χ4v) is 2.54. The second-order valence-corrected chi connectivity index (χ2v) is 6.67. The molecule has 1 aliphatic rings. The van der Waals surface area contributed by atoms with E-state index in [1.165, 1.54) is 7.11 Å². The van der Waals surface area contributed by atoms with Crippen LogP contribution in [-0.4, -0.2) is 48.7 Å². The molecule has 0 aliphatic carbocycles. The Morgan fingerprint density at radius 2 is 2.00 bits per heavy atom. The molecule has 0 aromatic carbocycles. The molecule has 5 heteroatoms. The van der Waals surface area contributed by atoms with Crippen LogP contribution in [0.25, 0.3) is 0 Å². The first-order chi connectivity index (χ1) is 8.70. The molecule has 1 unspecified atom stereocenters. The number of carboxylic acids is 1. The number of hydrogen-bond donors (Lipinski definition) is 1. The number of carboxylic acid groups (broad SMARTS) is 1.